The van der Waals surface area contributed by atoms with Crippen molar-refractivity contribution in [2.45, 2.75) is 6.54 Å². The predicted molar refractivity (Wildman–Crippen MR) is 114 cm³/mol. The van der Waals surface area contributed by atoms with Crippen molar-refractivity contribution in [2.75, 3.05) is 26.0 Å². The van der Waals surface area contributed by atoms with Gasteiger partial charge < -0.3 is 19.5 Å². The monoisotopic (exact) mass is 448 g/mol. The smallest absolute Gasteiger partial charge is 0.332 e. The van der Waals surface area contributed by atoms with Crippen molar-refractivity contribution < 1.29 is 14.3 Å². The molecule has 0 aliphatic carbocycles. The first-order chi connectivity index (χ1) is 14.6. The van der Waals surface area contributed by atoms with Gasteiger partial charge in [0.25, 0.3) is 5.56 Å². The highest BCUT2D eigenvalue weighted by Crippen LogP contribution is 2.27. The molecule has 0 fully saturated rings. The number of amides is 2. The molecule has 164 valence electrons. The number of anilines is 1. The Bertz CT molecular complexity index is 1290. The first kappa shape index (κ1) is 22.1. The molecular weight excluding hydrogens is 428 g/mol. The maximum atomic E-state index is 12.7. The zero-order chi connectivity index (χ0) is 22.9. The zero-order valence-electron chi connectivity index (χ0n) is 17.4. The van der Waals surface area contributed by atoms with Crippen molar-refractivity contribution >= 4 is 40.3 Å². The molecule has 0 saturated heterocycles. The minimum atomic E-state index is -0.675. The number of nitrogens with zero attached hydrogens (tertiary/aromatic N) is 5. The van der Waals surface area contributed by atoms with E-state index in [0.717, 1.165) is 9.47 Å². The van der Waals surface area contributed by atoms with E-state index in [1.54, 1.807) is 19.2 Å². The standard InChI is InChI=1S/C19H21ClN6O5/c1-23(8-14(27)22-12-7-11(20)5-6-13(12)31-4)15(28)9-26-18(29)16-17(21-10-24(16)2)25(3)19(26)30/h5-7,10H,8-9H2,1-4H3,(H,22,27). The third-order valence-electron chi connectivity index (χ3n) is 4.74. The molecule has 12 heteroatoms. The molecule has 3 aromatic rings. The quantitative estimate of drug-likeness (QED) is 0.574. The largest absolute Gasteiger partial charge is 0.495 e. The van der Waals surface area contributed by atoms with Crippen LogP contribution < -0.4 is 21.3 Å². The van der Waals surface area contributed by atoms with E-state index >= 15 is 0 Å². The van der Waals surface area contributed by atoms with Crippen LogP contribution in [0.5, 0.6) is 5.75 Å². The van der Waals surface area contributed by atoms with Crippen LogP contribution in [0.15, 0.2) is 34.1 Å². The normalized spacial score (nSPS) is 10.9. The van der Waals surface area contributed by atoms with E-state index in [0.29, 0.717) is 16.5 Å². The van der Waals surface area contributed by atoms with E-state index in [4.69, 9.17) is 16.3 Å². The van der Waals surface area contributed by atoms with Gasteiger partial charge in [-0.05, 0) is 18.2 Å². The van der Waals surface area contributed by atoms with E-state index < -0.39 is 29.6 Å². The molecule has 0 radical (unpaired) electrons. The van der Waals surface area contributed by atoms with Gasteiger partial charge in [-0.15, -0.1) is 0 Å². The van der Waals surface area contributed by atoms with Crippen molar-refractivity contribution in [3.8, 4) is 5.75 Å². The van der Waals surface area contributed by atoms with Gasteiger partial charge in [0.15, 0.2) is 11.2 Å². The fraction of sp³-hybridized carbons (Fsp3) is 0.316. The van der Waals surface area contributed by atoms with Gasteiger partial charge in [-0.25, -0.2) is 14.3 Å². The van der Waals surface area contributed by atoms with Gasteiger partial charge in [-0.3, -0.25) is 19.0 Å². The SMILES string of the molecule is COc1ccc(Cl)cc1NC(=O)CN(C)C(=O)Cn1c(=O)c2c(ncn2C)n(C)c1=O. The summed E-state index contributed by atoms with van der Waals surface area (Å²) in [6.07, 6.45) is 1.41. The van der Waals surface area contributed by atoms with Crippen molar-refractivity contribution in [1.29, 1.82) is 0 Å². The Morgan fingerprint density at radius 3 is 2.65 bits per heavy atom. The summed E-state index contributed by atoms with van der Waals surface area (Å²) >= 11 is 5.95. The zero-order valence-corrected chi connectivity index (χ0v) is 18.1. The molecular formula is C19H21ClN6O5. The highest BCUT2D eigenvalue weighted by atomic mass is 35.5. The number of hydrogen-bond acceptors (Lipinski definition) is 6. The summed E-state index contributed by atoms with van der Waals surface area (Å²) in [5.41, 5.74) is -0.528. The molecule has 0 spiro atoms. The van der Waals surface area contributed by atoms with Crippen LogP contribution in [-0.4, -0.2) is 56.1 Å². The van der Waals surface area contributed by atoms with Crippen LogP contribution in [0.2, 0.25) is 5.02 Å². The number of hydrogen-bond donors (Lipinski definition) is 1. The van der Waals surface area contributed by atoms with E-state index in [1.165, 1.54) is 42.7 Å². The molecule has 1 aromatic carbocycles. The molecule has 31 heavy (non-hydrogen) atoms. The van der Waals surface area contributed by atoms with E-state index in [2.05, 4.69) is 10.3 Å². The number of ether oxygens (including phenoxy) is 1. The topological polar surface area (TPSA) is 120 Å². The number of carbonyl (C=O) groups is 2. The molecule has 0 saturated carbocycles. The summed E-state index contributed by atoms with van der Waals surface area (Å²) in [6.45, 7) is -0.825. The number of nitrogens with one attached hydrogen (secondary N) is 1. The first-order valence-electron chi connectivity index (χ1n) is 9.12. The van der Waals surface area contributed by atoms with Crippen LogP contribution in [0, 0.1) is 0 Å². The summed E-state index contributed by atoms with van der Waals surface area (Å²) in [5.74, 6) is -0.682. The van der Waals surface area contributed by atoms with E-state index in [9.17, 15) is 19.2 Å². The lowest BCUT2D eigenvalue weighted by Gasteiger charge is -2.18. The summed E-state index contributed by atoms with van der Waals surface area (Å²) in [5, 5.41) is 3.03. The maximum Gasteiger partial charge on any atom is 0.332 e. The Labute approximate surface area is 181 Å². The van der Waals surface area contributed by atoms with Gasteiger partial charge in [-0.2, -0.15) is 0 Å². The number of imidazole rings is 1. The molecule has 0 aliphatic rings. The molecule has 0 bridgehead atoms. The maximum absolute atomic E-state index is 12.7. The van der Waals surface area contributed by atoms with Crippen LogP contribution in [0.1, 0.15) is 0 Å². The van der Waals surface area contributed by atoms with E-state index in [-0.39, 0.29) is 17.7 Å². The Morgan fingerprint density at radius 2 is 1.97 bits per heavy atom. The van der Waals surface area contributed by atoms with Gasteiger partial charge in [0.2, 0.25) is 11.8 Å². The minimum absolute atomic E-state index is 0.198. The molecule has 3 rings (SSSR count). The average molecular weight is 449 g/mol. The van der Waals surface area contributed by atoms with Crippen LogP contribution >= 0.6 is 11.6 Å². The number of likely N-dealkylation sites (N-methyl/N-ethyl adjacent to an activating group) is 1. The van der Waals surface area contributed by atoms with Crippen LogP contribution in [0.25, 0.3) is 11.2 Å². The lowest BCUT2D eigenvalue weighted by Crippen LogP contribution is -2.45. The highest BCUT2D eigenvalue weighted by Gasteiger charge is 2.20. The molecule has 0 unspecified atom stereocenters. The van der Waals surface area contributed by atoms with E-state index in [1.807, 2.05) is 0 Å². The summed E-state index contributed by atoms with van der Waals surface area (Å²) in [6, 6.07) is 4.74. The number of rotatable bonds is 6. The van der Waals surface area contributed by atoms with Gasteiger partial charge in [0.05, 0.1) is 25.7 Å². The van der Waals surface area contributed by atoms with Crippen LogP contribution in [0.3, 0.4) is 0 Å². The van der Waals surface area contributed by atoms with Gasteiger partial charge in [0.1, 0.15) is 12.3 Å². The number of benzene rings is 1. The Hall–Kier alpha value is -3.60. The number of aromatic nitrogens is 4. The van der Waals surface area contributed by atoms with Gasteiger partial charge in [0, 0.05) is 26.2 Å². The molecule has 2 aromatic heterocycles. The Morgan fingerprint density at radius 1 is 1.26 bits per heavy atom. The third-order valence-corrected chi connectivity index (χ3v) is 4.97. The molecule has 0 aliphatic heterocycles. The van der Waals surface area contributed by atoms with Crippen molar-refractivity contribution in [2.24, 2.45) is 14.1 Å². The number of carbonyl (C=O) groups excluding carboxylic acids is 2. The molecule has 0 atom stereocenters. The molecule has 11 nitrogen and oxygen atoms in total. The Balaban J connectivity index is 1.77. The van der Waals surface area contributed by atoms with Crippen molar-refractivity contribution in [1.82, 2.24) is 23.6 Å². The van der Waals surface area contributed by atoms with Gasteiger partial charge in [-0.1, -0.05) is 11.6 Å². The van der Waals surface area contributed by atoms with Crippen LogP contribution in [-0.2, 0) is 30.2 Å². The number of fused-ring (bicyclic) bond motifs is 1. The summed E-state index contributed by atoms with van der Waals surface area (Å²) in [4.78, 5) is 55.4. The fourth-order valence-corrected chi connectivity index (χ4v) is 3.23. The average Bonchev–Trinajstić information content (AvgIpc) is 3.11. The second-order valence-electron chi connectivity index (χ2n) is 6.90. The van der Waals surface area contributed by atoms with Crippen molar-refractivity contribution in [3.63, 3.8) is 0 Å². The predicted octanol–water partition coefficient (Wildman–Crippen LogP) is 0.193. The lowest BCUT2D eigenvalue weighted by molar-refractivity contribution is -0.133. The fourth-order valence-electron chi connectivity index (χ4n) is 3.06. The molecule has 1 N–H and O–H groups in total. The number of methoxy groups -OCH3 is 1. The van der Waals surface area contributed by atoms with Crippen molar-refractivity contribution in [3.05, 3.63) is 50.4 Å². The number of aryl methyl sites for hydroxylation is 2. The number of halogens is 1. The lowest BCUT2D eigenvalue weighted by atomic mass is 10.3. The third kappa shape index (κ3) is 4.31. The molecule has 2 heterocycles. The van der Waals surface area contributed by atoms with Crippen LogP contribution in [0.4, 0.5) is 5.69 Å². The highest BCUT2D eigenvalue weighted by molar-refractivity contribution is 6.31. The summed E-state index contributed by atoms with van der Waals surface area (Å²) in [7, 11) is 5.93. The Kier molecular flexibility index (Phi) is 6.16. The minimum Gasteiger partial charge on any atom is -0.495 e. The summed E-state index contributed by atoms with van der Waals surface area (Å²) < 4.78 is 8.67. The van der Waals surface area contributed by atoms with Gasteiger partial charge >= 0.3 is 5.69 Å². The second kappa shape index (κ2) is 8.64. The second-order valence-corrected chi connectivity index (χ2v) is 7.34. The first-order valence-corrected chi connectivity index (χ1v) is 9.50. The molecule has 2 amide bonds.